The molecule has 0 atom stereocenters. The van der Waals surface area contributed by atoms with Crippen LogP contribution >= 0.6 is 11.8 Å². The third kappa shape index (κ3) is 6.31. The van der Waals surface area contributed by atoms with Crippen LogP contribution in [0.2, 0.25) is 0 Å². The number of aromatic nitrogens is 4. The third-order valence-corrected chi connectivity index (χ3v) is 4.18. The Morgan fingerprint density at radius 3 is 2.81 bits per heavy atom. The van der Waals surface area contributed by atoms with Gasteiger partial charge in [-0.1, -0.05) is 17.8 Å². The maximum atomic E-state index is 12.0. The highest BCUT2D eigenvalue weighted by atomic mass is 32.2. The minimum absolute atomic E-state index is 0.0163. The van der Waals surface area contributed by atoms with Crippen LogP contribution in [-0.4, -0.2) is 68.2 Å². The van der Waals surface area contributed by atoms with Crippen LogP contribution in [-0.2, 0) is 11.3 Å². The molecule has 1 heterocycles. The molecule has 2 N–H and O–H groups in total. The van der Waals surface area contributed by atoms with Gasteiger partial charge in [0.05, 0.1) is 17.2 Å². The van der Waals surface area contributed by atoms with Gasteiger partial charge in [-0.15, -0.1) is 5.10 Å². The van der Waals surface area contributed by atoms with Crippen LogP contribution in [0.3, 0.4) is 0 Å². The molecule has 2 aromatic rings. The van der Waals surface area contributed by atoms with Gasteiger partial charge < -0.3 is 4.90 Å². The van der Waals surface area contributed by atoms with Crippen molar-refractivity contribution in [2.45, 2.75) is 11.7 Å². The van der Waals surface area contributed by atoms with Gasteiger partial charge in [-0.25, -0.2) is 4.68 Å². The Morgan fingerprint density at radius 1 is 1.33 bits per heavy atom. The molecule has 0 saturated carbocycles. The zero-order valence-corrected chi connectivity index (χ0v) is 15.5. The molecular weight excluding hydrogens is 376 g/mol. The zero-order valence-electron chi connectivity index (χ0n) is 14.7. The summed E-state index contributed by atoms with van der Waals surface area (Å²) in [5, 5.41) is 22.5. The number of non-ortho nitro benzene ring substituents is 1. The van der Waals surface area contributed by atoms with Crippen LogP contribution in [0.25, 0.3) is 0 Å². The number of nitro groups is 1. The maximum Gasteiger partial charge on any atom is 0.270 e. The van der Waals surface area contributed by atoms with Crippen LogP contribution in [0.4, 0.5) is 5.69 Å². The van der Waals surface area contributed by atoms with Gasteiger partial charge in [0.15, 0.2) is 0 Å². The molecule has 2 amide bonds. The second kappa shape index (κ2) is 9.59. The molecule has 0 fully saturated rings. The van der Waals surface area contributed by atoms with Crippen molar-refractivity contribution in [3.63, 3.8) is 0 Å². The minimum Gasteiger partial charge on any atom is -0.308 e. The lowest BCUT2D eigenvalue weighted by atomic mass is 10.2. The number of carbonyl (C=O) groups is 2. The molecule has 144 valence electrons. The third-order valence-electron chi connectivity index (χ3n) is 3.23. The Kier molecular flexibility index (Phi) is 7.19. The molecule has 12 nitrogen and oxygen atoms in total. The Labute approximate surface area is 158 Å². The first-order chi connectivity index (χ1) is 12.9. The quantitative estimate of drug-likeness (QED) is 0.349. The number of hydrazine groups is 1. The highest BCUT2D eigenvalue weighted by Gasteiger charge is 2.13. The van der Waals surface area contributed by atoms with Crippen molar-refractivity contribution >= 4 is 29.3 Å². The zero-order chi connectivity index (χ0) is 19.8. The summed E-state index contributed by atoms with van der Waals surface area (Å²) in [7, 11) is 3.85. The van der Waals surface area contributed by atoms with Crippen LogP contribution in [0, 0.1) is 10.1 Å². The Bertz CT molecular complexity index is 825. The van der Waals surface area contributed by atoms with Crippen molar-refractivity contribution in [2.75, 3.05) is 26.4 Å². The van der Waals surface area contributed by atoms with Crippen molar-refractivity contribution in [1.82, 2.24) is 36.0 Å². The van der Waals surface area contributed by atoms with E-state index in [1.165, 1.54) is 18.2 Å². The van der Waals surface area contributed by atoms with Gasteiger partial charge in [0.2, 0.25) is 11.1 Å². The van der Waals surface area contributed by atoms with Crippen molar-refractivity contribution in [1.29, 1.82) is 0 Å². The van der Waals surface area contributed by atoms with Gasteiger partial charge in [-0.3, -0.25) is 30.6 Å². The lowest BCUT2D eigenvalue weighted by Crippen LogP contribution is -2.42. The lowest BCUT2D eigenvalue weighted by molar-refractivity contribution is -0.384. The van der Waals surface area contributed by atoms with Crippen LogP contribution < -0.4 is 10.9 Å². The van der Waals surface area contributed by atoms with Gasteiger partial charge in [-0.05, 0) is 30.6 Å². The lowest BCUT2D eigenvalue weighted by Gasteiger charge is -2.10. The normalized spacial score (nSPS) is 10.6. The summed E-state index contributed by atoms with van der Waals surface area (Å²) in [5.74, 6) is -1.15. The van der Waals surface area contributed by atoms with E-state index in [0.29, 0.717) is 11.7 Å². The molecule has 0 bridgehead atoms. The average Bonchev–Trinajstić information content (AvgIpc) is 3.10. The van der Waals surface area contributed by atoms with Crippen LogP contribution in [0.1, 0.15) is 10.4 Å². The highest BCUT2D eigenvalue weighted by molar-refractivity contribution is 7.99. The Morgan fingerprint density at radius 2 is 2.11 bits per heavy atom. The van der Waals surface area contributed by atoms with E-state index in [1.54, 1.807) is 4.68 Å². The number of hydrogen-bond donors (Lipinski definition) is 2. The summed E-state index contributed by atoms with van der Waals surface area (Å²) >= 11 is 1.12. The van der Waals surface area contributed by atoms with Gasteiger partial charge in [0.25, 0.3) is 11.6 Å². The standard InChI is InChI=1S/C14H18N8O4S/c1-20(2)6-7-21-14(17-18-19-21)27-9-12(23)15-16-13(24)10-4-3-5-11(8-10)22(25)26/h3-5,8H,6-7,9H2,1-2H3,(H,15,23)(H,16,24). The molecule has 1 aromatic heterocycles. The number of amides is 2. The summed E-state index contributed by atoms with van der Waals surface area (Å²) < 4.78 is 1.58. The number of nitrogens with zero attached hydrogens (tertiary/aromatic N) is 6. The van der Waals surface area contributed by atoms with E-state index in [4.69, 9.17) is 0 Å². The predicted octanol–water partition coefficient (Wildman–Crippen LogP) is -0.304. The second-order valence-electron chi connectivity index (χ2n) is 5.59. The molecule has 0 saturated heterocycles. The smallest absolute Gasteiger partial charge is 0.270 e. The first-order valence-electron chi connectivity index (χ1n) is 7.74. The first-order valence-corrected chi connectivity index (χ1v) is 8.72. The topological polar surface area (TPSA) is 148 Å². The number of rotatable bonds is 8. The van der Waals surface area contributed by atoms with Crippen molar-refractivity contribution in [2.24, 2.45) is 0 Å². The molecular formula is C14H18N8O4S. The van der Waals surface area contributed by atoms with E-state index < -0.39 is 16.7 Å². The molecule has 0 unspecified atom stereocenters. The minimum atomic E-state index is -0.659. The first kappa shape index (κ1) is 20.3. The molecule has 0 aliphatic carbocycles. The molecule has 13 heteroatoms. The highest BCUT2D eigenvalue weighted by Crippen LogP contribution is 2.14. The Balaban J connectivity index is 1.81. The van der Waals surface area contributed by atoms with E-state index in [2.05, 4.69) is 26.4 Å². The number of nitrogens with one attached hydrogen (secondary N) is 2. The van der Waals surface area contributed by atoms with Gasteiger partial charge in [-0.2, -0.15) is 0 Å². The molecule has 0 radical (unpaired) electrons. The van der Waals surface area contributed by atoms with E-state index in [9.17, 15) is 19.7 Å². The number of likely N-dealkylation sites (N-methyl/N-ethyl adjacent to an activating group) is 1. The molecule has 1 aromatic carbocycles. The second-order valence-corrected chi connectivity index (χ2v) is 6.53. The number of hydrogen-bond acceptors (Lipinski definition) is 9. The summed E-state index contributed by atoms with van der Waals surface area (Å²) in [6, 6.07) is 5.18. The molecule has 0 spiro atoms. The van der Waals surface area contributed by atoms with Crippen molar-refractivity contribution < 1.29 is 14.5 Å². The number of benzene rings is 1. The fourth-order valence-electron chi connectivity index (χ4n) is 1.86. The van der Waals surface area contributed by atoms with Gasteiger partial charge >= 0.3 is 0 Å². The predicted molar refractivity (Wildman–Crippen MR) is 95.8 cm³/mol. The summed E-state index contributed by atoms with van der Waals surface area (Å²) in [6.45, 7) is 1.32. The molecule has 27 heavy (non-hydrogen) atoms. The van der Waals surface area contributed by atoms with Gasteiger partial charge in [0, 0.05) is 24.2 Å². The number of tetrazole rings is 1. The number of nitro benzene ring substituents is 1. The monoisotopic (exact) mass is 394 g/mol. The average molecular weight is 394 g/mol. The summed E-state index contributed by atoms with van der Waals surface area (Å²) in [6.07, 6.45) is 0. The van der Waals surface area contributed by atoms with Crippen LogP contribution in [0.5, 0.6) is 0 Å². The number of carbonyl (C=O) groups excluding carboxylic acids is 2. The molecule has 0 aliphatic heterocycles. The Hall–Kier alpha value is -3.06. The molecule has 2 rings (SSSR count). The fraction of sp³-hybridized carbons (Fsp3) is 0.357. The van der Waals surface area contributed by atoms with E-state index in [-0.39, 0.29) is 17.0 Å². The molecule has 0 aliphatic rings. The van der Waals surface area contributed by atoms with Crippen LogP contribution in [0.15, 0.2) is 29.4 Å². The largest absolute Gasteiger partial charge is 0.308 e. The summed E-state index contributed by atoms with van der Waals surface area (Å²) in [4.78, 5) is 36.0. The SMILES string of the molecule is CN(C)CCn1nnnc1SCC(=O)NNC(=O)c1cccc([N+](=O)[O-])c1. The van der Waals surface area contributed by atoms with Crippen molar-refractivity contribution in [3.8, 4) is 0 Å². The summed E-state index contributed by atoms with van der Waals surface area (Å²) in [5.41, 5.74) is 4.30. The van der Waals surface area contributed by atoms with E-state index in [0.717, 1.165) is 24.4 Å². The van der Waals surface area contributed by atoms with E-state index in [1.807, 2.05) is 19.0 Å². The number of thioether (sulfide) groups is 1. The van der Waals surface area contributed by atoms with Crippen molar-refractivity contribution in [3.05, 3.63) is 39.9 Å². The fourth-order valence-corrected chi connectivity index (χ4v) is 2.56. The van der Waals surface area contributed by atoms with Gasteiger partial charge in [0.1, 0.15) is 0 Å². The maximum absolute atomic E-state index is 12.0. The van der Waals surface area contributed by atoms with E-state index >= 15 is 0 Å².